The zero-order valence-electron chi connectivity index (χ0n) is 29.9. The lowest BCUT2D eigenvalue weighted by Gasteiger charge is -2.31. The molecule has 53 heavy (non-hydrogen) atoms. The number of rotatable bonds is 8. The summed E-state index contributed by atoms with van der Waals surface area (Å²) in [6.45, 7) is 10.7. The summed E-state index contributed by atoms with van der Waals surface area (Å²) in [5.41, 5.74) is 17.2. The molecule has 1 spiro atoms. The Bertz CT molecular complexity index is 2610. The minimum Gasteiger partial charge on any atom is -0.248 e. The number of hydrogen-bond donors (Lipinski definition) is 0. The lowest BCUT2D eigenvalue weighted by Crippen LogP contribution is -2.26. The Kier molecular flexibility index (Phi) is 8.05. The molecular weight excluding hydrogens is 639 g/mol. The molecule has 0 bridgehead atoms. The van der Waals surface area contributed by atoms with Crippen molar-refractivity contribution in [3.05, 3.63) is 240 Å². The molecule has 0 radical (unpaired) electrons. The van der Waals surface area contributed by atoms with Crippen LogP contribution in [0.3, 0.4) is 0 Å². The van der Waals surface area contributed by atoms with E-state index in [-0.39, 0.29) is 0 Å². The van der Waals surface area contributed by atoms with E-state index >= 15 is 0 Å². The third kappa shape index (κ3) is 5.20. The van der Waals surface area contributed by atoms with Crippen LogP contribution in [0.2, 0.25) is 0 Å². The number of hydrogen-bond acceptors (Lipinski definition) is 1. The average molecular weight is 678 g/mol. The summed E-state index contributed by atoms with van der Waals surface area (Å²) >= 11 is 0. The molecule has 0 saturated heterocycles. The van der Waals surface area contributed by atoms with Crippen molar-refractivity contribution in [2.45, 2.75) is 18.8 Å². The summed E-state index contributed by atoms with van der Waals surface area (Å²) in [6, 6.07) is 59.4. The predicted octanol–water partition coefficient (Wildman–Crippen LogP) is 13.1. The SMILES string of the molecule is C=C/C=C\Cc1ccc(-c2ccc(C(=C)N=C(C3=C(C)C4(c5ccccc53)c3ccccc3-c3ccccc34)c3cccc4ccccc34)cc2)cc1. The van der Waals surface area contributed by atoms with E-state index in [0.717, 1.165) is 34.5 Å². The zero-order valence-corrected chi connectivity index (χ0v) is 29.9. The minimum absolute atomic E-state index is 0.426. The monoisotopic (exact) mass is 677 g/mol. The standard InChI is InChI=1S/C52H39N/c1-4-5-6-16-37-27-29-39(30-28-37)40-33-31-38(32-34-40)36(3)53-51(45-23-15-18-41-17-7-8-19-42(41)45)50-35(2)52(49-26-14-11-22-46(49)50)47-24-12-9-20-43(47)44-21-10-13-25-48(44)52/h4-15,17-34H,1,3,16H2,2H3/b6-5-,53-51?. The van der Waals surface area contributed by atoms with Crippen molar-refractivity contribution < 1.29 is 0 Å². The fourth-order valence-corrected chi connectivity index (χ4v) is 8.72. The van der Waals surface area contributed by atoms with E-state index in [9.17, 15) is 0 Å². The Hall–Kier alpha value is -6.57. The Morgan fingerprint density at radius 2 is 1.15 bits per heavy atom. The summed E-state index contributed by atoms with van der Waals surface area (Å²) in [5, 5.41) is 2.36. The molecule has 0 heterocycles. The molecule has 0 N–H and O–H groups in total. The van der Waals surface area contributed by atoms with Gasteiger partial charge >= 0.3 is 0 Å². The van der Waals surface area contributed by atoms with Crippen LogP contribution >= 0.6 is 0 Å². The van der Waals surface area contributed by atoms with Gasteiger partial charge in [-0.25, -0.2) is 4.99 Å². The molecule has 0 fully saturated rings. The Labute approximate surface area is 312 Å². The van der Waals surface area contributed by atoms with Gasteiger partial charge in [-0.3, -0.25) is 0 Å². The highest BCUT2D eigenvalue weighted by Crippen LogP contribution is 2.62. The van der Waals surface area contributed by atoms with Gasteiger partial charge in [0.05, 0.1) is 16.8 Å². The molecule has 0 aliphatic heterocycles. The van der Waals surface area contributed by atoms with Crippen molar-refractivity contribution in [1.29, 1.82) is 0 Å². The van der Waals surface area contributed by atoms with Crippen molar-refractivity contribution in [3.63, 3.8) is 0 Å². The van der Waals surface area contributed by atoms with Crippen LogP contribution in [0.5, 0.6) is 0 Å². The van der Waals surface area contributed by atoms with Gasteiger partial charge in [0, 0.05) is 11.1 Å². The van der Waals surface area contributed by atoms with Crippen LogP contribution in [0.25, 0.3) is 44.3 Å². The van der Waals surface area contributed by atoms with Crippen LogP contribution in [0.1, 0.15) is 45.9 Å². The van der Waals surface area contributed by atoms with E-state index in [4.69, 9.17) is 4.99 Å². The van der Waals surface area contributed by atoms with Crippen LogP contribution in [0, 0.1) is 0 Å². The summed E-state index contributed by atoms with van der Waals surface area (Å²) < 4.78 is 0. The summed E-state index contributed by atoms with van der Waals surface area (Å²) in [7, 11) is 0. The molecule has 7 aromatic rings. The molecule has 252 valence electrons. The van der Waals surface area contributed by atoms with Crippen LogP contribution in [0.15, 0.2) is 206 Å². The minimum atomic E-state index is -0.426. The molecule has 0 amide bonds. The molecule has 0 atom stereocenters. The third-order valence-electron chi connectivity index (χ3n) is 11.1. The highest BCUT2D eigenvalue weighted by atomic mass is 14.8. The topological polar surface area (TPSA) is 12.4 Å². The van der Waals surface area contributed by atoms with E-state index in [2.05, 4.69) is 190 Å². The van der Waals surface area contributed by atoms with E-state index in [0.29, 0.717) is 0 Å². The molecule has 1 nitrogen and oxygen atoms in total. The molecule has 1 heteroatoms. The average Bonchev–Trinajstić information content (AvgIpc) is 3.66. The molecule has 0 saturated carbocycles. The van der Waals surface area contributed by atoms with Crippen molar-refractivity contribution >= 4 is 27.8 Å². The van der Waals surface area contributed by atoms with Gasteiger partial charge in [0.1, 0.15) is 0 Å². The second-order valence-electron chi connectivity index (χ2n) is 14.0. The van der Waals surface area contributed by atoms with Crippen LogP contribution in [-0.4, -0.2) is 5.71 Å². The maximum atomic E-state index is 5.57. The summed E-state index contributed by atoms with van der Waals surface area (Å²) in [4.78, 5) is 5.57. The van der Waals surface area contributed by atoms with Crippen LogP contribution in [0.4, 0.5) is 0 Å². The van der Waals surface area contributed by atoms with Gasteiger partial charge in [0.15, 0.2) is 0 Å². The lowest BCUT2D eigenvalue weighted by atomic mass is 9.70. The first kappa shape index (κ1) is 32.3. The maximum absolute atomic E-state index is 5.57. The first-order valence-corrected chi connectivity index (χ1v) is 18.3. The number of nitrogens with zero attached hydrogens (tertiary/aromatic N) is 1. The normalized spacial score (nSPS) is 14.1. The molecule has 7 aromatic carbocycles. The predicted molar refractivity (Wildman–Crippen MR) is 225 cm³/mol. The van der Waals surface area contributed by atoms with Crippen LogP contribution in [-0.2, 0) is 11.8 Å². The third-order valence-corrected chi connectivity index (χ3v) is 11.1. The zero-order chi connectivity index (χ0) is 35.9. The highest BCUT2D eigenvalue weighted by molar-refractivity contribution is 6.38. The van der Waals surface area contributed by atoms with Gasteiger partial charge in [-0.1, -0.05) is 195 Å². The van der Waals surface area contributed by atoms with Crippen molar-refractivity contribution in [2.75, 3.05) is 0 Å². The van der Waals surface area contributed by atoms with Gasteiger partial charge in [-0.2, -0.15) is 0 Å². The summed E-state index contributed by atoms with van der Waals surface area (Å²) in [6.07, 6.45) is 6.82. The number of fused-ring (bicyclic) bond motifs is 8. The van der Waals surface area contributed by atoms with Crippen LogP contribution < -0.4 is 0 Å². The fourth-order valence-electron chi connectivity index (χ4n) is 8.72. The Morgan fingerprint density at radius 3 is 1.81 bits per heavy atom. The van der Waals surface area contributed by atoms with Gasteiger partial charge in [0.2, 0.25) is 0 Å². The lowest BCUT2D eigenvalue weighted by molar-refractivity contribution is 0.767. The first-order chi connectivity index (χ1) is 26.1. The number of allylic oxidation sites excluding steroid dienone is 5. The maximum Gasteiger partial charge on any atom is 0.0793 e. The van der Waals surface area contributed by atoms with Crippen molar-refractivity contribution in [2.24, 2.45) is 4.99 Å². The summed E-state index contributed by atoms with van der Waals surface area (Å²) in [5.74, 6) is 0. The molecule has 2 aliphatic carbocycles. The smallest absolute Gasteiger partial charge is 0.0793 e. The number of benzene rings is 7. The van der Waals surface area contributed by atoms with Gasteiger partial charge in [-0.15, -0.1) is 0 Å². The van der Waals surface area contributed by atoms with Gasteiger partial charge in [-0.05, 0) is 85.3 Å². The quantitative estimate of drug-likeness (QED) is 0.112. The van der Waals surface area contributed by atoms with Crippen molar-refractivity contribution in [3.8, 4) is 22.3 Å². The van der Waals surface area contributed by atoms with E-state index in [1.807, 2.05) is 12.2 Å². The molecule has 2 aliphatic rings. The fraction of sp³-hybridized carbons (Fsp3) is 0.0577. The molecule has 0 aromatic heterocycles. The molecule has 0 unspecified atom stereocenters. The Morgan fingerprint density at radius 1 is 0.604 bits per heavy atom. The second-order valence-corrected chi connectivity index (χ2v) is 14.0. The first-order valence-electron chi connectivity index (χ1n) is 18.3. The van der Waals surface area contributed by atoms with E-state index in [1.165, 1.54) is 66.4 Å². The second kappa shape index (κ2) is 13.2. The molecular formula is C52H39N. The van der Waals surface area contributed by atoms with Gasteiger partial charge in [0.25, 0.3) is 0 Å². The Balaban J connectivity index is 1.21. The number of aliphatic imine (C=N–C) groups is 1. The highest BCUT2D eigenvalue weighted by Gasteiger charge is 2.52. The van der Waals surface area contributed by atoms with Gasteiger partial charge < -0.3 is 0 Å². The largest absolute Gasteiger partial charge is 0.248 e. The van der Waals surface area contributed by atoms with Crippen molar-refractivity contribution in [1.82, 2.24) is 0 Å². The molecule has 9 rings (SSSR count). The van der Waals surface area contributed by atoms with E-state index < -0.39 is 5.41 Å². The van der Waals surface area contributed by atoms with E-state index in [1.54, 1.807) is 0 Å².